The fourth-order valence-corrected chi connectivity index (χ4v) is 1.83. The first kappa shape index (κ1) is 13.5. The molecule has 3 N–H and O–H groups in total. The average molecular weight is 266 g/mol. The van der Waals surface area contributed by atoms with Gasteiger partial charge in [0.15, 0.2) is 11.5 Å². The van der Waals surface area contributed by atoms with Crippen molar-refractivity contribution in [3.05, 3.63) is 17.7 Å². The first-order valence-corrected chi connectivity index (χ1v) is 6.18. The van der Waals surface area contributed by atoms with E-state index in [4.69, 9.17) is 19.9 Å². The molecule has 6 nitrogen and oxygen atoms in total. The normalized spacial score (nSPS) is 13.7. The van der Waals surface area contributed by atoms with Gasteiger partial charge in [-0.2, -0.15) is 0 Å². The van der Waals surface area contributed by atoms with Crippen LogP contribution >= 0.6 is 0 Å². The first-order valence-electron chi connectivity index (χ1n) is 6.18. The Bertz CT molecular complexity index is 462. The number of nitrogens with two attached hydrogens (primary N) is 1. The lowest BCUT2D eigenvalue weighted by Gasteiger charge is -2.13. The van der Waals surface area contributed by atoms with E-state index in [-0.39, 0.29) is 5.91 Å². The van der Waals surface area contributed by atoms with Crippen molar-refractivity contribution in [3.8, 4) is 11.5 Å². The number of nitrogens with one attached hydrogen (secondary N) is 1. The van der Waals surface area contributed by atoms with Crippen molar-refractivity contribution in [2.24, 2.45) is 0 Å². The lowest BCUT2D eigenvalue weighted by molar-refractivity contribution is 0.0933. The summed E-state index contributed by atoms with van der Waals surface area (Å²) in [5.41, 5.74) is 6.66. The van der Waals surface area contributed by atoms with Gasteiger partial charge in [0.2, 0.25) is 0 Å². The molecule has 0 atom stereocenters. The van der Waals surface area contributed by atoms with Crippen LogP contribution < -0.4 is 20.5 Å². The molecule has 0 aliphatic carbocycles. The molecule has 0 unspecified atom stereocenters. The van der Waals surface area contributed by atoms with Crippen LogP contribution in [-0.4, -0.2) is 39.4 Å². The molecule has 0 saturated heterocycles. The number of nitrogen functional groups attached to an aromatic ring is 1. The van der Waals surface area contributed by atoms with Crippen LogP contribution in [0.1, 0.15) is 16.8 Å². The highest BCUT2D eigenvalue weighted by atomic mass is 16.5. The highest BCUT2D eigenvalue weighted by Crippen LogP contribution is 2.35. The molecule has 1 heterocycles. The number of methoxy groups -OCH3 is 1. The van der Waals surface area contributed by atoms with Gasteiger partial charge in [-0.05, 0) is 6.07 Å². The monoisotopic (exact) mass is 266 g/mol. The van der Waals surface area contributed by atoms with E-state index in [9.17, 15) is 4.79 Å². The van der Waals surface area contributed by atoms with Crippen LogP contribution in [0.2, 0.25) is 0 Å². The number of ether oxygens (including phenoxy) is 3. The number of hydrogen-bond donors (Lipinski definition) is 2. The lowest BCUT2D eigenvalue weighted by atomic mass is 10.1. The molecule has 2 rings (SSSR count). The third kappa shape index (κ3) is 3.29. The summed E-state index contributed by atoms with van der Waals surface area (Å²) in [4.78, 5) is 12.1. The maximum absolute atomic E-state index is 12.1. The van der Waals surface area contributed by atoms with Gasteiger partial charge in [-0.25, -0.2) is 0 Å². The standard InChI is InChI=1S/C13H18N2O4/c1-17-6-3-15-13(16)10-7-9(14)8-11-12(10)19-5-2-4-18-11/h7-8H,2-6,14H2,1H3,(H,15,16). The summed E-state index contributed by atoms with van der Waals surface area (Å²) in [6.45, 7) is 1.96. The molecule has 6 heteroatoms. The van der Waals surface area contributed by atoms with E-state index in [1.54, 1.807) is 19.2 Å². The third-order valence-corrected chi connectivity index (χ3v) is 2.71. The Morgan fingerprint density at radius 3 is 3.00 bits per heavy atom. The molecule has 1 aromatic rings. The van der Waals surface area contributed by atoms with Crippen molar-refractivity contribution in [2.45, 2.75) is 6.42 Å². The van der Waals surface area contributed by atoms with Crippen LogP contribution in [0.3, 0.4) is 0 Å². The third-order valence-electron chi connectivity index (χ3n) is 2.71. The number of carbonyl (C=O) groups is 1. The first-order chi connectivity index (χ1) is 9.22. The molecule has 0 aromatic heterocycles. The molecule has 0 fully saturated rings. The summed E-state index contributed by atoms with van der Waals surface area (Å²) in [7, 11) is 1.58. The highest BCUT2D eigenvalue weighted by molar-refractivity contribution is 5.98. The number of fused-ring (bicyclic) bond motifs is 1. The van der Waals surface area contributed by atoms with Gasteiger partial charge >= 0.3 is 0 Å². The zero-order valence-electron chi connectivity index (χ0n) is 10.9. The second-order valence-electron chi connectivity index (χ2n) is 4.19. The van der Waals surface area contributed by atoms with Gasteiger partial charge in [0.1, 0.15) is 0 Å². The maximum atomic E-state index is 12.1. The topological polar surface area (TPSA) is 82.8 Å². The Labute approximate surface area is 111 Å². The number of carbonyl (C=O) groups excluding carboxylic acids is 1. The summed E-state index contributed by atoms with van der Waals surface area (Å²) >= 11 is 0. The predicted molar refractivity (Wildman–Crippen MR) is 70.7 cm³/mol. The van der Waals surface area contributed by atoms with Crippen molar-refractivity contribution in [1.29, 1.82) is 0 Å². The highest BCUT2D eigenvalue weighted by Gasteiger charge is 2.20. The van der Waals surface area contributed by atoms with Crippen LogP contribution in [0.15, 0.2) is 12.1 Å². The van der Waals surface area contributed by atoms with E-state index < -0.39 is 0 Å². The van der Waals surface area contributed by atoms with Gasteiger partial charge in [-0.3, -0.25) is 4.79 Å². The summed E-state index contributed by atoms with van der Waals surface area (Å²) in [5.74, 6) is 0.738. The molecule has 1 aliphatic rings. The summed E-state index contributed by atoms with van der Waals surface area (Å²) in [6, 6.07) is 3.27. The van der Waals surface area contributed by atoms with Crippen LogP contribution in [0, 0.1) is 0 Å². The summed E-state index contributed by atoms with van der Waals surface area (Å²) in [5, 5.41) is 2.74. The van der Waals surface area contributed by atoms with Gasteiger partial charge in [-0.1, -0.05) is 0 Å². The lowest BCUT2D eigenvalue weighted by Crippen LogP contribution is -2.27. The van der Waals surface area contributed by atoms with E-state index in [1.165, 1.54) is 0 Å². The van der Waals surface area contributed by atoms with E-state index in [1.807, 2.05) is 0 Å². The molecule has 104 valence electrons. The SMILES string of the molecule is COCCNC(=O)c1cc(N)cc2c1OCCCO2. The fraction of sp³-hybridized carbons (Fsp3) is 0.462. The molecule has 1 aliphatic heterocycles. The smallest absolute Gasteiger partial charge is 0.255 e. The van der Waals surface area contributed by atoms with E-state index in [2.05, 4.69) is 5.32 Å². The Morgan fingerprint density at radius 2 is 2.21 bits per heavy atom. The van der Waals surface area contributed by atoms with Crippen LogP contribution in [0.5, 0.6) is 11.5 Å². The molecule has 1 amide bonds. The number of rotatable bonds is 4. The molecular weight excluding hydrogens is 248 g/mol. The van der Waals surface area contributed by atoms with Gasteiger partial charge in [0.05, 0.1) is 25.4 Å². The zero-order valence-corrected chi connectivity index (χ0v) is 10.9. The van der Waals surface area contributed by atoms with Gasteiger partial charge in [0, 0.05) is 31.8 Å². The van der Waals surface area contributed by atoms with Gasteiger partial charge < -0.3 is 25.3 Å². The minimum atomic E-state index is -0.244. The zero-order chi connectivity index (χ0) is 13.7. The minimum absolute atomic E-state index is 0.244. The maximum Gasteiger partial charge on any atom is 0.255 e. The van der Waals surface area contributed by atoms with Crippen molar-refractivity contribution < 1.29 is 19.0 Å². The summed E-state index contributed by atoms with van der Waals surface area (Å²) in [6.07, 6.45) is 0.777. The molecule has 0 radical (unpaired) electrons. The van der Waals surface area contributed by atoms with Crippen molar-refractivity contribution in [2.75, 3.05) is 39.2 Å². The van der Waals surface area contributed by atoms with E-state index >= 15 is 0 Å². The average Bonchev–Trinajstić information content (AvgIpc) is 2.63. The van der Waals surface area contributed by atoms with Crippen LogP contribution in [0.25, 0.3) is 0 Å². The molecule has 0 saturated carbocycles. The van der Waals surface area contributed by atoms with Crippen LogP contribution in [0.4, 0.5) is 5.69 Å². The second kappa shape index (κ2) is 6.29. The van der Waals surface area contributed by atoms with E-state index in [0.29, 0.717) is 49.1 Å². The van der Waals surface area contributed by atoms with Crippen LogP contribution in [-0.2, 0) is 4.74 Å². The fourth-order valence-electron chi connectivity index (χ4n) is 1.83. The van der Waals surface area contributed by atoms with Crippen molar-refractivity contribution in [1.82, 2.24) is 5.32 Å². The quantitative estimate of drug-likeness (QED) is 0.622. The Kier molecular flexibility index (Phi) is 4.46. The summed E-state index contributed by atoms with van der Waals surface area (Å²) < 4.78 is 16.0. The van der Waals surface area contributed by atoms with Gasteiger partial charge in [0.25, 0.3) is 5.91 Å². The largest absolute Gasteiger partial charge is 0.489 e. The Hall–Kier alpha value is -1.95. The van der Waals surface area contributed by atoms with Crippen molar-refractivity contribution in [3.63, 3.8) is 0 Å². The molecular formula is C13H18N2O4. The number of hydrogen-bond acceptors (Lipinski definition) is 5. The second-order valence-corrected chi connectivity index (χ2v) is 4.19. The Morgan fingerprint density at radius 1 is 1.42 bits per heavy atom. The van der Waals surface area contributed by atoms with Crippen molar-refractivity contribution >= 4 is 11.6 Å². The van der Waals surface area contributed by atoms with Gasteiger partial charge in [-0.15, -0.1) is 0 Å². The van der Waals surface area contributed by atoms with E-state index in [0.717, 1.165) is 6.42 Å². The molecule has 19 heavy (non-hydrogen) atoms. The molecule has 1 aromatic carbocycles. The predicted octanol–water partition coefficient (Wildman–Crippen LogP) is 0.806. The Balaban J connectivity index is 2.23. The number of anilines is 1. The molecule has 0 bridgehead atoms. The molecule has 0 spiro atoms. The minimum Gasteiger partial charge on any atom is -0.489 e. The number of amides is 1. The number of benzene rings is 1.